The van der Waals surface area contributed by atoms with Gasteiger partial charge in [-0.1, -0.05) is 32.0 Å². The molecule has 6 nitrogen and oxygen atoms in total. The molecule has 0 saturated heterocycles. The molecule has 25 heavy (non-hydrogen) atoms. The summed E-state index contributed by atoms with van der Waals surface area (Å²) in [6.45, 7) is 6.35. The molecule has 0 aliphatic carbocycles. The van der Waals surface area contributed by atoms with Crippen LogP contribution in [0.15, 0.2) is 36.0 Å². The SMILES string of the molecule is CCOC(=O)CC(=N)O.CN1/C(=C\C=N)C(C)(C)c2ccccc21.[Cu]. The van der Waals surface area contributed by atoms with Crippen LogP contribution in [0.4, 0.5) is 5.69 Å². The zero-order chi connectivity index (χ0) is 18.3. The maximum Gasteiger partial charge on any atom is 0.315 e. The van der Waals surface area contributed by atoms with Crippen LogP contribution in [0.2, 0.25) is 0 Å². The molecule has 1 aliphatic rings. The molecule has 3 N–H and O–H groups in total. The van der Waals surface area contributed by atoms with E-state index in [9.17, 15) is 4.79 Å². The van der Waals surface area contributed by atoms with Gasteiger partial charge in [0, 0.05) is 47.1 Å². The number of aliphatic hydroxyl groups excluding tert-OH is 1. The minimum atomic E-state index is -0.659. The summed E-state index contributed by atoms with van der Waals surface area (Å²) in [6, 6.07) is 8.42. The van der Waals surface area contributed by atoms with E-state index in [2.05, 4.69) is 54.8 Å². The Bertz CT molecular complexity index is 657. The summed E-state index contributed by atoms with van der Waals surface area (Å²) in [5, 5.41) is 21.9. The first kappa shape index (κ1) is 22.9. The summed E-state index contributed by atoms with van der Waals surface area (Å²) in [5.41, 5.74) is 3.76. The third-order valence-electron chi connectivity index (χ3n) is 3.80. The molecular formula is C18H25CuN3O3. The number of nitrogens with zero attached hydrogens (tertiary/aromatic N) is 1. The molecule has 0 amide bonds. The van der Waals surface area contributed by atoms with Gasteiger partial charge in [0.2, 0.25) is 0 Å². The number of para-hydroxylation sites is 1. The van der Waals surface area contributed by atoms with Gasteiger partial charge in [0.1, 0.15) is 6.42 Å². The van der Waals surface area contributed by atoms with Crippen LogP contribution in [-0.2, 0) is 32.0 Å². The predicted octanol–water partition coefficient (Wildman–Crippen LogP) is 3.42. The number of ether oxygens (including phenoxy) is 1. The molecule has 0 atom stereocenters. The number of fused-ring (bicyclic) bond motifs is 1. The molecule has 0 fully saturated rings. The van der Waals surface area contributed by atoms with Crippen molar-refractivity contribution < 1.29 is 31.7 Å². The Labute approximate surface area is 159 Å². The van der Waals surface area contributed by atoms with Crippen molar-refractivity contribution in [1.82, 2.24) is 0 Å². The topological polar surface area (TPSA) is 97.5 Å². The van der Waals surface area contributed by atoms with Crippen LogP contribution < -0.4 is 4.90 Å². The summed E-state index contributed by atoms with van der Waals surface area (Å²) in [4.78, 5) is 12.5. The molecule has 1 aromatic rings. The second kappa shape index (κ2) is 10.0. The van der Waals surface area contributed by atoms with Gasteiger partial charge in [-0.3, -0.25) is 10.2 Å². The fourth-order valence-electron chi connectivity index (χ4n) is 2.73. The monoisotopic (exact) mass is 394 g/mol. The van der Waals surface area contributed by atoms with Gasteiger partial charge in [-0.15, -0.1) is 0 Å². The van der Waals surface area contributed by atoms with Gasteiger partial charge >= 0.3 is 5.97 Å². The van der Waals surface area contributed by atoms with Crippen molar-refractivity contribution in [3.05, 3.63) is 41.6 Å². The Hall–Kier alpha value is -2.11. The summed E-state index contributed by atoms with van der Waals surface area (Å²) in [7, 11) is 2.06. The van der Waals surface area contributed by atoms with E-state index in [0.717, 1.165) is 0 Å². The van der Waals surface area contributed by atoms with Crippen LogP contribution in [0.1, 0.15) is 32.8 Å². The van der Waals surface area contributed by atoms with Crippen molar-refractivity contribution in [1.29, 1.82) is 10.8 Å². The number of anilines is 1. The first-order valence-corrected chi connectivity index (χ1v) is 7.72. The van der Waals surface area contributed by atoms with Crippen LogP contribution in [0.25, 0.3) is 0 Å². The quantitative estimate of drug-likeness (QED) is 0.315. The number of nitrogens with one attached hydrogen (secondary N) is 2. The average molecular weight is 395 g/mol. The van der Waals surface area contributed by atoms with Crippen LogP contribution in [-0.4, -0.2) is 36.8 Å². The van der Waals surface area contributed by atoms with Crippen molar-refractivity contribution in [3.63, 3.8) is 0 Å². The van der Waals surface area contributed by atoms with E-state index in [0.29, 0.717) is 0 Å². The number of benzene rings is 1. The summed E-state index contributed by atoms with van der Waals surface area (Å²) in [5.74, 6) is -1.22. The number of carbonyl (C=O) groups is 1. The molecule has 1 radical (unpaired) electrons. The number of hydrogen-bond acceptors (Lipinski definition) is 5. The van der Waals surface area contributed by atoms with Crippen LogP contribution in [0.5, 0.6) is 0 Å². The maximum absolute atomic E-state index is 10.3. The molecule has 1 aromatic carbocycles. The summed E-state index contributed by atoms with van der Waals surface area (Å²) < 4.78 is 4.41. The molecule has 2 rings (SSSR count). The number of rotatable bonds is 4. The maximum atomic E-state index is 10.3. The van der Waals surface area contributed by atoms with Gasteiger partial charge in [-0.25, -0.2) is 0 Å². The minimum absolute atomic E-state index is 0. The van der Waals surface area contributed by atoms with Gasteiger partial charge in [-0.2, -0.15) is 0 Å². The van der Waals surface area contributed by atoms with E-state index in [4.69, 9.17) is 15.9 Å². The van der Waals surface area contributed by atoms with Crippen molar-refractivity contribution >= 4 is 23.8 Å². The number of hydrogen-bond donors (Lipinski definition) is 3. The Morgan fingerprint density at radius 3 is 2.44 bits per heavy atom. The molecule has 1 aliphatic heterocycles. The normalized spacial score (nSPS) is 15.4. The van der Waals surface area contributed by atoms with E-state index in [1.807, 2.05) is 6.08 Å². The van der Waals surface area contributed by atoms with Crippen molar-refractivity contribution in [2.24, 2.45) is 0 Å². The van der Waals surface area contributed by atoms with Gasteiger partial charge in [-0.05, 0) is 24.6 Å². The summed E-state index contributed by atoms with van der Waals surface area (Å²) >= 11 is 0. The van der Waals surface area contributed by atoms with Gasteiger partial charge in [0.15, 0.2) is 5.90 Å². The molecule has 0 saturated carbocycles. The fraction of sp³-hybridized carbons (Fsp3) is 0.389. The zero-order valence-corrected chi connectivity index (χ0v) is 15.8. The smallest absolute Gasteiger partial charge is 0.315 e. The molecule has 0 aromatic heterocycles. The standard InChI is InChI=1S/C13H16N2.C5H9NO3.Cu/c1-13(2)10-6-4-5-7-11(10)15(3)12(13)8-9-14;1-2-9-5(8)3-4(6)7;/h4-9,14H,1-3H3;2-3H2,1H3,(H2,6,7);/b12-8-,14-9?;;. The zero-order valence-electron chi connectivity index (χ0n) is 14.9. The van der Waals surface area contributed by atoms with Gasteiger partial charge < -0.3 is 20.2 Å². The molecular weight excluding hydrogens is 370 g/mol. The largest absolute Gasteiger partial charge is 0.496 e. The molecule has 0 unspecified atom stereocenters. The van der Waals surface area contributed by atoms with E-state index in [1.54, 1.807) is 6.92 Å². The molecule has 1 heterocycles. The van der Waals surface area contributed by atoms with Crippen molar-refractivity contribution in [2.45, 2.75) is 32.6 Å². The van der Waals surface area contributed by atoms with E-state index < -0.39 is 11.9 Å². The number of likely N-dealkylation sites (N-methyl/N-ethyl adjacent to an activating group) is 1. The molecule has 0 spiro atoms. The van der Waals surface area contributed by atoms with E-state index in [1.165, 1.54) is 23.2 Å². The Balaban J connectivity index is 0.000000504. The summed E-state index contributed by atoms with van der Waals surface area (Å²) in [6.07, 6.45) is 2.91. The molecule has 7 heteroatoms. The second-order valence-electron chi connectivity index (χ2n) is 5.85. The van der Waals surface area contributed by atoms with Gasteiger partial charge in [0.05, 0.1) is 6.61 Å². The van der Waals surface area contributed by atoms with Crippen LogP contribution >= 0.6 is 0 Å². The number of allylic oxidation sites excluding steroid dienone is 2. The third-order valence-corrected chi connectivity index (χ3v) is 3.80. The number of esters is 1. The van der Waals surface area contributed by atoms with Crippen molar-refractivity contribution in [3.8, 4) is 0 Å². The fourth-order valence-corrected chi connectivity index (χ4v) is 2.73. The third kappa shape index (κ3) is 5.73. The molecule has 141 valence electrons. The predicted molar refractivity (Wildman–Crippen MR) is 96.3 cm³/mol. The first-order valence-electron chi connectivity index (χ1n) is 7.72. The minimum Gasteiger partial charge on any atom is -0.496 e. The number of carbonyl (C=O) groups excluding carboxylic acids is 1. The Morgan fingerprint density at radius 2 is 1.96 bits per heavy atom. The Morgan fingerprint density at radius 1 is 1.36 bits per heavy atom. The first-order chi connectivity index (χ1) is 11.3. The van der Waals surface area contributed by atoms with Gasteiger partial charge in [0.25, 0.3) is 0 Å². The van der Waals surface area contributed by atoms with Crippen LogP contribution in [0, 0.1) is 10.8 Å². The number of aliphatic hydroxyl groups is 1. The average Bonchev–Trinajstić information content (AvgIpc) is 2.69. The molecule has 0 bridgehead atoms. The Kier molecular flexibility index (Phi) is 9.17. The second-order valence-corrected chi connectivity index (χ2v) is 5.85. The van der Waals surface area contributed by atoms with E-state index >= 15 is 0 Å². The van der Waals surface area contributed by atoms with E-state index in [-0.39, 0.29) is 35.5 Å². The van der Waals surface area contributed by atoms with Crippen LogP contribution in [0.3, 0.4) is 0 Å². The van der Waals surface area contributed by atoms with Crippen molar-refractivity contribution in [2.75, 3.05) is 18.6 Å².